The van der Waals surface area contributed by atoms with Gasteiger partial charge in [-0.3, -0.25) is 9.59 Å². The van der Waals surface area contributed by atoms with E-state index in [1.807, 2.05) is 44.2 Å². The highest BCUT2D eigenvalue weighted by Gasteiger charge is 2.10. The Morgan fingerprint density at radius 1 is 1.03 bits per heavy atom. The number of anilines is 1. The molecule has 0 spiro atoms. The normalized spacial score (nSPS) is 10.6. The summed E-state index contributed by atoms with van der Waals surface area (Å²) in [4.78, 5) is 24.0. The van der Waals surface area contributed by atoms with Gasteiger partial charge in [-0.1, -0.05) is 31.5 Å². The Labute approximate surface area is 177 Å². The van der Waals surface area contributed by atoms with Crippen LogP contribution in [0, 0.1) is 6.92 Å². The second-order valence-electron chi connectivity index (χ2n) is 6.67. The summed E-state index contributed by atoms with van der Waals surface area (Å²) < 4.78 is 11.4. The number of para-hydroxylation sites is 1. The number of hydrazone groups is 1. The van der Waals surface area contributed by atoms with Crippen LogP contribution in [-0.2, 0) is 9.59 Å². The lowest BCUT2D eigenvalue weighted by Crippen LogP contribution is -2.24. The molecule has 2 aromatic rings. The fourth-order valence-corrected chi connectivity index (χ4v) is 2.59. The molecule has 2 rings (SSSR count). The molecular weight excluding hydrogens is 382 g/mol. The van der Waals surface area contributed by atoms with Crippen LogP contribution in [0.15, 0.2) is 47.6 Å². The molecule has 0 saturated heterocycles. The van der Waals surface area contributed by atoms with Gasteiger partial charge in [0.05, 0.1) is 19.4 Å². The van der Waals surface area contributed by atoms with Crippen LogP contribution in [-0.4, -0.2) is 31.2 Å². The van der Waals surface area contributed by atoms with Crippen molar-refractivity contribution in [2.24, 2.45) is 5.10 Å². The molecule has 2 aromatic carbocycles. The minimum absolute atomic E-state index is 0.319. The number of hydrogen-bond donors (Lipinski definition) is 2. The van der Waals surface area contributed by atoms with Gasteiger partial charge in [-0.15, -0.1) is 0 Å². The van der Waals surface area contributed by atoms with Gasteiger partial charge >= 0.3 is 0 Å². The predicted molar refractivity (Wildman–Crippen MR) is 118 cm³/mol. The Kier molecular flexibility index (Phi) is 9.37. The van der Waals surface area contributed by atoms with E-state index < -0.39 is 11.8 Å². The molecule has 0 unspecified atom stereocenters. The number of nitrogens with one attached hydrogen (secondary N) is 2. The van der Waals surface area contributed by atoms with Crippen molar-refractivity contribution in [3.05, 3.63) is 53.6 Å². The Bertz CT molecular complexity index is 881. The molecule has 0 aliphatic heterocycles. The number of unbranched alkanes of at least 4 members (excludes halogenated alkanes) is 1. The number of aryl methyl sites for hydroxylation is 1. The van der Waals surface area contributed by atoms with Crippen molar-refractivity contribution in [1.29, 1.82) is 0 Å². The van der Waals surface area contributed by atoms with Crippen molar-refractivity contribution < 1.29 is 19.1 Å². The Hall–Kier alpha value is -3.35. The summed E-state index contributed by atoms with van der Waals surface area (Å²) in [7, 11) is 0. The third-order valence-electron chi connectivity index (χ3n) is 4.17. The second-order valence-corrected chi connectivity index (χ2v) is 6.67. The fourth-order valence-electron chi connectivity index (χ4n) is 2.59. The van der Waals surface area contributed by atoms with E-state index in [4.69, 9.17) is 9.47 Å². The smallest absolute Gasteiger partial charge is 0.249 e. The first-order chi connectivity index (χ1) is 14.5. The van der Waals surface area contributed by atoms with Crippen LogP contribution >= 0.6 is 0 Å². The second kappa shape index (κ2) is 12.3. The lowest BCUT2D eigenvalue weighted by atomic mass is 10.2. The molecular formula is C23H29N3O4. The summed E-state index contributed by atoms with van der Waals surface area (Å²) in [6.07, 6.45) is 3.20. The Morgan fingerprint density at radius 2 is 1.83 bits per heavy atom. The van der Waals surface area contributed by atoms with Gasteiger partial charge in [-0.25, -0.2) is 5.43 Å². The zero-order valence-corrected chi connectivity index (χ0v) is 17.7. The zero-order valence-electron chi connectivity index (χ0n) is 17.7. The van der Waals surface area contributed by atoms with Crippen LogP contribution in [0.25, 0.3) is 0 Å². The highest BCUT2D eigenvalue weighted by atomic mass is 16.5. The molecule has 0 aliphatic carbocycles. The molecule has 0 heterocycles. The van der Waals surface area contributed by atoms with E-state index in [1.165, 1.54) is 6.21 Å². The minimum atomic E-state index is -0.498. The number of rotatable bonds is 11. The molecule has 0 bridgehead atoms. The van der Waals surface area contributed by atoms with Gasteiger partial charge in [0.15, 0.2) is 11.5 Å². The lowest BCUT2D eigenvalue weighted by molar-refractivity contribution is -0.126. The number of amides is 2. The van der Waals surface area contributed by atoms with Crippen LogP contribution in [0.1, 0.15) is 44.2 Å². The van der Waals surface area contributed by atoms with Gasteiger partial charge in [-0.2, -0.15) is 5.10 Å². The molecule has 0 radical (unpaired) electrons. The molecule has 7 heteroatoms. The summed E-state index contributed by atoms with van der Waals surface area (Å²) in [6.45, 7) is 7.03. The maximum Gasteiger partial charge on any atom is 0.249 e. The zero-order chi connectivity index (χ0) is 21.8. The summed E-state index contributed by atoms with van der Waals surface area (Å²) in [5.41, 5.74) is 4.72. The number of nitrogens with zero attached hydrogens (tertiary/aromatic N) is 1. The molecule has 0 aromatic heterocycles. The first kappa shape index (κ1) is 22.9. The molecule has 160 valence electrons. The van der Waals surface area contributed by atoms with E-state index in [2.05, 4.69) is 22.8 Å². The van der Waals surface area contributed by atoms with Crippen LogP contribution in [0.4, 0.5) is 5.69 Å². The number of ether oxygens (including phenoxy) is 2. The molecule has 2 N–H and O–H groups in total. The number of carbonyl (C=O) groups excluding carboxylic acids is 2. The van der Waals surface area contributed by atoms with E-state index in [9.17, 15) is 9.59 Å². The molecule has 0 fully saturated rings. The van der Waals surface area contributed by atoms with Crippen molar-refractivity contribution in [2.75, 3.05) is 18.5 Å². The van der Waals surface area contributed by atoms with E-state index in [1.54, 1.807) is 12.1 Å². The first-order valence-electron chi connectivity index (χ1n) is 10.1. The number of hydrogen-bond acceptors (Lipinski definition) is 5. The van der Waals surface area contributed by atoms with Gasteiger partial charge in [0.2, 0.25) is 11.8 Å². The molecule has 0 saturated carbocycles. The molecule has 2 amide bonds. The third kappa shape index (κ3) is 7.58. The predicted octanol–water partition coefficient (Wildman–Crippen LogP) is 4.05. The van der Waals surface area contributed by atoms with Crippen molar-refractivity contribution in [1.82, 2.24) is 5.43 Å². The Balaban J connectivity index is 1.88. The van der Waals surface area contributed by atoms with Crippen LogP contribution < -0.4 is 20.2 Å². The Morgan fingerprint density at radius 3 is 2.57 bits per heavy atom. The van der Waals surface area contributed by atoms with Gasteiger partial charge in [0.25, 0.3) is 0 Å². The SMILES string of the molecule is CCCCOc1ccc(C=NNC(=O)CC(=O)Nc2ccccc2C)cc1OCC. The molecule has 7 nitrogen and oxygen atoms in total. The lowest BCUT2D eigenvalue weighted by Gasteiger charge is -2.12. The third-order valence-corrected chi connectivity index (χ3v) is 4.17. The maximum absolute atomic E-state index is 12.0. The highest BCUT2D eigenvalue weighted by Crippen LogP contribution is 2.28. The number of carbonyl (C=O) groups is 2. The van der Waals surface area contributed by atoms with E-state index in [-0.39, 0.29) is 6.42 Å². The largest absolute Gasteiger partial charge is 0.490 e. The molecule has 30 heavy (non-hydrogen) atoms. The van der Waals surface area contributed by atoms with Gasteiger partial charge in [0.1, 0.15) is 6.42 Å². The standard InChI is InChI=1S/C23H29N3O4/c1-4-6-13-30-20-12-11-18(14-21(20)29-5-2)16-24-26-23(28)15-22(27)25-19-10-8-7-9-17(19)3/h7-12,14,16H,4-6,13,15H2,1-3H3,(H,25,27)(H,26,28). The minimum Gasteiger partial charge on any atom is -0.490 e. The van der Waals surface area contributed by atoms with Crippen molar-refractivity contribution in [2.45, 2.75) is 40.0 Å². The average molecular weight is 412 g/mol. The summed E-state index contributed by atoms with van der Waals surface area (Å²) in [5.74, 6) is 0.409. The first-order valence-corrected chi connectivity index (χ1v) is 10.1. The summed E-state index contributed by atoms with van der Waals surface area (Å²) >= 11 is 0. The van der Waals surface area contributed by atoms with Crippen molar-refractivity contribution in [3.63, 3.8) is 0 Å². The van der Waals surface area contributed by atoms with Crippen LogP contribution in [0.5, 0.6) is 11.5 Å². The van der Waals surface area contributed by atoms with Crippen molar-refractivity contribution >= 4 is 23.7 Å². The fraction of sp³-hybridized carbons (Fsp3) is 0.348. The van der Waals surface area contributed by atoms with E-state index in [0.29, 0.717) is 30.4 Å². The quantitative estimate of drug-likeness (QED) is 0.253. The van der Waals surface area contributed by atoms with Crippen LogP contribution in [0.2, 0.25) is 0 Å². The summed E-state index contributed by atoms with van der Waals surface area (Å²) in [5, 5.41) is 6.64. The highest BCUT2D eigenvalue weighted by molar-refractivity contribution is 6.04. The topological polar surface area (TPSA) is 89.0 Å². The van der Waals surface area contributed by atoms with E-state index >= 15 is 0 Å². The van der Waals surface area contributed by atoms with Crippen molar-refractivity contribution in [3.8, 4) is 11.5 Å². The van der Waals surface area contributed by atoms with Gasteiger partial charge in [0, 0.05) is 5.69 Å². The van der Waals surface area contributed by atoms with Crippen LogP contribution in [0.3, 0.4) is 0 Å². The van der Waals surface area contributed by atoms with Gasteiger partial charge in [-0.05, 0) is 55.7 Å². The monoisotopic (exact) mass is 411 g/mol. The summed E-state index contributed by atoms with van der Waals surface area (Å²) in [6, 6.07) is 12.8. The molecule has 0 aliphatic rings. The molecule has 0 atom stereocenters. The maximum atomic E-state index is 12.0. The number of benzene rings is 2. The van der Waals surface area contributed by atoms with E-state index in [0.717, 1.165) is 24.0 Å². The average Bonchev–Trinajstić information content (AvgIpc) is 2.71. The van der Waals surface area contributed by atoms with Gasteiger partial charge < -0.3 is 14.8 Å².